The molecule has 0 N–H and O–H groups in total. The lowest BCUT2D eigenvalue weighted by atomic mass is 9.88. The van der Waals surface area contributed by atoms with Crippen LogP contribution in [0.15, 0.2) is 24.3 Å². The van der Waals surface area contributed by atoms with Gasteiger partial charge in [-0.05, 0) is 23.0 Å². The van der Waals surface area contributed by atoms with Crippen LogP contribution >= 0.6 is 15.9 Å². The molecule has 1 heteroatoms. The largest absolute Gasteiger partial charge is 0.0876 e. The van der Waals surface area contributed by atoms with E-state index in [4.69, 9.17) is 0 Å². The molecule has 1 aromatic rings. The Morgan fingerprint density at radius 1 is 1.00 bits per heavy atom. The zero-order chi connectivity index (χ0) is 9.90. The number of halogens is 1. The number of benzene rings is 1. The molecule has 0 fully saturated rings. The molecule has 0 spiro atoms. The van der Waals surface area contributed by atoms with Crippen LogP contribution in [-0.4, -0.2) is 0 Å². The minimum absolute atomic E-state index is 0.385. The van der Waals surface area contributed by atoms with E-state index in [9.17, 15) is 0 Å². The predicted octanol–water partition coefficient (Wildman–Crippen LogP) is 4.17. The highest BCUT2D eigenvalue weighted by molar-refractivity contribution is 9.08. The van der Waals surface area contributed by atoms with Gasteiger partial charge >= 0.3 is 0 Å². The van der Waals surface area contributed by atoms with Gasteiger partial charge in [0.1, 0.15) is 0 Å². The standard InChI is InChI=1S/C12H17Br/c1-12(2,3)8-10-4-6-11(9-13)7-5-10/h4-7H,8-9H2,1-3H3. The van der Waals surface area contributed by atoms with Crippen LogP contribution in [0.4, 0.5) is 0 Å². The van der Waals surface area contributed by atoms with E-state index >= 15 is 0 Å². The second kappa shape index (κ2) is 4.28. The highest BCUT2D eigenvalue weighted by Crippen LogP contribution is 2.20. The average molecular weight is 241 g/mol. The van der Waals surface area contributed by atoms with Crippen LogP contribution in [0.5, 0.6) is 0 Å². The van der Waals surface area contributed by atoms with Crippen molar-refractivity contribution in [3.05, 3.63) is 35.4 Å². The van der Waals surface area contributed by atoms with Crippen molar-refractivity contribution in [2.24, 2.45) is 5.41 Å². The smallest absolute Gasteiger partial charge is 0.0283 e. The Bertz CT molecular complexity index is 253. The van der Waals surface area contributed by atoms with Crippen LogP contribution in [0.1, 0.15) is 31.9 Å². The van der Waals surface area contributed by atoms with Gasteiger partial charge in [0.15, 0.2) is 0 Å². The maximum absolute atomic E-state index is 3.44. The topological polar surface area (TPSA) is 0 Å². The molecular weight excluding hydrogens is 224 g/mol. The predicted molar refractivity (Wildman–Crippen MR) is 62.2 cm³/mol. The van der Waals surface area contributed by atoms with Crippen molar-refractivity contribution >= 4 is 15.9 Å². The molecule has 0 aromatic heterocycles. The minimum atomic E-state index is 0.385. The average Bonchev–Trinajstić information content (AvgIpc) is 2.03. The molecule has 1 aromatic carbocycles. The van der Waals surface area contributed by atoms with Gasteiger partial charge in [0, 0.05) is 5.33 Å². The summed E-state index contributed by atoms with van der Waals surface area (Å²) >= 11 is 3.44. The summed E-state index contributed by atoms with van der Waals surface area (Å²) in [4.78, 5) is 0. The van der Waals surface area contributed by atoms with E-state index in [-0.39, 0.29) is 0 Å². The quantitative estimate of drug-likeness (QED) is 0.681. The summed E-state index contributed by atoms with van der Waals surface area (Å²) in [6.45, 7) is 6.81. The van der Waals surface area contributed by atoms with Gasteiger partial charge in [0.05, 0.1) is 0 Å². The van der Waals surface area contributed by atoms with Crippen LogP contribution in [0, 0.1) is 5.41 Å². The maximum atomic E-state index is 3.44. The summed E-state index contributed by atoms with van der Waals surface area (Å²) in [7, 11) is 0. The van der Waals surface area contributed by atoms with Crippen LogP contribution in [0.25, 0.3) is 0 Å². The molecule has 0 heterocycles. The molecule has 0 unspecified atom stereocenters. The van der Waals surface area contributed by atoms with Crippen LogP contribution in [0.3, 0.4) is 0 Å². The highest BCUT2D eigenvalue weighted by atomic mass is 79.9. The zero-order valence-corrected chi connectivity index (χ0v) is 10.2. The molecule has 72 valence electrons. The first-order valence-corrected chi connectivity index (χ1v) is 5.77. The summed E-state index contributed by atoms with van der Waals surface area (Å²) in [5, 5.41) is 0.947. The zero-order valence-electron chi connectivity index (χ0n) is 8.60. The summed E-state index contributed by atoms with van der Waals surface area (Å²) in [6, 6.07) is 8.83. The fourth-order valence-electron chi connectivity index (χ4n) is 1.36. The van der Waals surface area contributed by atoms with E-state index in [1.165, 1.54) is 11.1 Å². The van der Waals surface area contributed by atoms with Crippen molar-refractivity contribution in [3.8, 4) is 0 Å². The Hall–Kier alpha value is -0.300. The fourth-order valence-corrected chi connectivity index (χ4v) is 1.73. The van der Waals surface area contributed by atoms with Crippen molar-refractivity contribution in [3.63, 3.8) is 0 Å². The first-order chi connectivity index (χ1) is 6.01. The third-order valence-corrected chi connectivity index (χ3v) is 2.56. The molecule has 0 radical (unpaired) electrons. The lowest BCUT2D eigenvalue weighted by molar-refractivity contribution is 0.411. The summed E-state index contributed by atoms with van der Waals surface area (Å²) < 4.78 is 0. The maximum Gasteiger partial charge on any atom is 0.0283 e. The van der Waals surface area contributed by atoms with Crippen LogP contribution in [-0.2, 0) is 11.8 Å². The van der Waals surface area contributed by atoms with Gasteiger partial charge in [-0.15, -0.1) is 0 Å². The molecule has 0 aliphatic rings. The Morgan fingerprint density at radius 2 is 1.46 bits per heavy atom. The molecule has 1 rings (SSSR count). The minimum Gasteiger partial charge on any atom is -0.0876 e. The van der Waals surface area contributed by atoms with Crippen LogP contribution in [0.2, 0.25) is 0 Å². The molecule has 0 saturated carbocycles. The van der Waals surface area contributed by atoms with Gasteiger partial charge in [-0.25, -0.2) is 0 Å². The van der Waals surface area contributed by atoms with Crippen molar-refractivity contribution in [2.75, 3.05) is 0 Å². The highest BCUT2D eigenvalue weighted by Gasteiger charge is 2.10. The van der Waals surface area contributed by atoms with Gasteiger partial charge in [-0.1, -0.05) is 61.0 Å². The number of rotatable bonds is 2. The lowest BCUT2D eigenvalue weighted by Crippen LogP contribution is -2.08. The van der Waals surface area contributed by atoms with Crippen molar-refractivity contribution < 1.29 is 0 Å². The van der Waals surface area contributed by atoms with E-state index < -0.39 is 0 Å². The van der Waals surface area contributed by atoms with Crippen molar-refractivity contribution in [1.82, 2.24) is 0 Å². The summed E-state index contributed by atoms with van der Waals surface area (Å²) in [5.74, 6) is 0. The monoisotopic (exact) mass is 240 g/mol. The third kappa shape index (κ3) is 3.95. The van der Waals surface area contributed by atoms with Gasteiger partial charge in [0.2, 0.25) is 0 Å². The number of hydrogen-bond acceptors (Lipinski definition) is 0. The molecule has 0 amide bonds. The fraction of sp³-hybridized carbons (Fsp3) is 0.500. The third-order valence-electron chi connectivity index (χ3n) is 1.91. The molecule has 0 aliphatic carbocycles. The van der Waals surface area contributed by atoms with Crippen molar-refractivity contribution in [2.45, 2.75) is 32.5 Å². The van der Waals surface area contributed by atoms with Gasteiger partial charge in [-0.3, -0.25) is 0 Å². The number of alkyl halides is 1. The van der Waals surface area contributed by atoms with E-state index in [0.717, 1.165) is 11.8 Å². The lowest BCUT2D eigenvalue weighted by Gasteiger charge is -2.18. The summed E-state index contributed by atoms with van der Waals surface area (Å²) in [6.07, 6.45) is 1.15. The first-order valence-electron chi connectivity index (χ1n) is 4.65. The van der Waals surface area contributed by atoms with Gasteiger partial charge in [-0.2, -0.15) is 0 Å². The van der Waals surface area contributed by atoms with Gasteiger partial charge in [0.25, 0.3) is 0 Å². The van der Waals surface area contributed by atoms with Gasteiger partial charge < -0.3 is 0 Å². The number of hydrogen-bond donors (Lipinski definition) is 0. The van der Waals surface area contributed by atoms with E-state index in [0.29, 0.717) is 5.41 Å². The normalized spacial score (nSPS) is 11.7. The van der Waals surface area contributed by atoms with Crippen LogP contribution < -0.4 is 0 Å². The SMILES string of the molecule is CC(C)(C)Cc1ccc(CBr)cc1. The van der Waals surface area contributed by atoms with E-state index in [1.54, 1.807) is 0 Å². The molecule has 0 saturated heterocycles. The molecule has 13 heavy (non-hydrogen) atoms. The molecule has 0 bridgehead atoms. The van der Waals surface area contributed by atoms with E-state index in [2.05, 4.69) is 61.0 Å². The van der Waals surface area contributed by atoms with Crippen molar-refractivity contribution in [1.29, 1.82) is 0 Å². The Balaban J connectivity index is 2.70. The molecular formula is C12H17Br. The Morgan fingerprint density at radius 3 is 1.85 bits per heavy atom. The Labute approximate surface area is 89.5 Å². The molecule has 0 nitrogen and oxygen atoms in total. The molecule has 0 aliphatic heterocycles. The molecule has 0 atom stereocenters. The Kier molecular flexibility index (Phi) is 3.55. The second-order valence-electron chi connectivity index (χ2n) is 4.69. The van der Waals surface area contributed by atoms with E-state index in [1.807, 2.05) is 0 Å². The second-order valence-corrected chi connectivity index (χ2v) is 5.25. The summed E-state index contributed by atoms with van der Waals surface area (Å²) in [5.41, 5.74) is 3.16. The first kappa shape index (κ1) is 10.8.